The fourth-order valence-corrected chi connectivity index (χ4v) is 4.88. The van der Waals surface area contributed by atoms with Gasteiger partial charge in [-0.05, 0) is 82.5 Å². The van der Waals surface area contributed by atoms with Crippen LogP contribution in [0.2, 0.25) is 0 Å². The third-order valence-corrected chi connectivity index (χ3v) is 6.83. The van der Waals surface area contributed by atoms with Crippen LogP contribution in [0, 0.1) is 11.8 Å². The first kappa shape index (κ1) is 24.5. The Kier molecular flexibility index (Phi) is 9.78. The van der Waals surface area contributed by atoms with Gasteiger partial charge in [0.05, 0.1) is 36.9 Å². The lowest BCUT2D eigenvalue weighted by molar-refractivity contribution is -0.150. The second-order valence-electron chi connectivity index (χ2n) is 8.89. The zero-order valence-electron chi connectivity index (χ0n) is 19.7. The van der Waals surface area contributed by atoms with Crippen molar-refractivity contribution in [3.63, 3.8) is 0 Å². The summed E-state index contributed by atoms with van der Waals surface area (Å²) >= 11 is 0. The maximum Gasteiger partial charge on any atom is 0.309 e. The largest absolute Gasteiger partial charge is 0.466 e. The lowest BCUT2D eigenvalue weighted by atomic mass is 9.90. The molecule has 0 bridgehead atoms. The minimum Gasteiger partial charge on any atom is -0.466 e. The van der Waals surface area contributed by atoms with E-state index in [1.54, 1.807) is 0 Å². The van der Waals surface area contributed by atoms with E-state index in [2.05, 4.69) is 28.2 Å². The van der Waals surface area contributed by atoms with Crippen molar-refractivity contribution in [2.75, 3.05) is 44.3 Å². The topological polar surface area (TPSA) is 80.8 Å². The average Bonchev–Trinajstić information content (AvgIpc) is 2.85. The monoisotopic (exact) mass is 445 g/mol. The number of aromatic nitrogens is 1. The highest BCUT2D eigenvalue weighted by Crippen LogP contribution is 2.34. The highest BCUT2D eigenvalue weighted by Gasteiger charge is 2.28. The predicted molar refractivity (Wildman–Crippen MR) is 125 cm³/mol. The number of carbonyl (C=O) groups is 2. The number of nitrogens with one attached hydrogen (secondary N) is 1. The molecule has 32 heavy (non-hydrogen) atoms. The highest BCUT2D eigenvalue weighted by atomic mass is 16.5. The second-order valence-corrected chi connectivity index (χ2v) is 8.89. The smallest absolute Gasteiger partial charge is 0.309 e. The molecular weight excluding hydrogens is 406 g/mol. The molecule has 0 aromatic carbocycles. The molecule has 178 valence electrons. The number of rotatable bonds is 10. The molecule has 2 aliphatic rings. The molecule has 3 heterocycles. The molecule has 1 atom stereocenters. The van der Waals surface area contributed by atoms with Gasteiger partial charge in [0, 0.05) is 19.3 Å². The zero-order valence-corrected chi connectivity index (χ0v) is 19.7. The molecule has 0 unspecified atom stereocenters. The van der Waals surface area contributed by atoms with Crippen LogP contribution in [0.3, 0.4) is 0 Å². The third-order valence-electron chi connectivity index (χ3n) is 6.83. The molecule has 1 N–H and O–H groups in total. The lowest BCUT2D eigenvalue weighted by Crippen LogP contribution is -2.37. The Labute approximate surface area is 192 Å². The van der Waals surface area contributed by atoms with E-state index in [4.69, 9.17) is 9.47 Å². The Bertz CT molecular complexity index is 728. The minimum atomic E-state index is -0.0657. The van der Waals surface area contributed by atoms with Crippen LogP contribution < -0.4 is 10.2 Å². The molecule has 7 nitrogen and oxygen atoms in total. The molecule has 0 amide bonds. The lowest BCUT2D eigenvalue weighted by Gasteiger charge is -2.34. The summed E-state index contributed by atoms with van der Waals surface area (Å²) < 4.78 is 10.8. The van der Waals surface area contributed by atoms with Crippen LogP contribution in [0.1, 0.15) is 70.3 Å². The molecule has 0 aliphatic carbocycles. The van der Waals surface area contributed by atoms with E-state index in [0.717, 1.165) is 71.1 Å². The predicted octanol–water partition coefficient (Wildman–Crippen LogP) is 3.68. The molecular formula is C25H39N3O4. The van der Waals surface area contributed by atoms with Crippen molar-refractivity contribution in [1.82, 2.24) is 10.3 Å². The van der Waals surface area contributed by atoms with Gasteiger partial charge in [0.25, 0.3) is 0 Å². The van der Waals surface area contributed by atoms with Gasteiger partial charge in [0.2, 0.25) is 0 Å². The van der Waals surface area contributed by atoms with Crippen molar-refractivity contribution in [2.24, 2.45) is 11.8 Å². The van der Waals surface area contributed by atoms with Crippen LogP contribution in [0.15, 0.2) is 18.5 Å². The normalized spacial score (nSPS) is 18.9. The maximum atomic E-state index is 12.3. The van der Waals surface area contributed by atoms with Crippen molar-refractivity contribution in [3.05, 3.63) is 24.0 Å². The van der Waals surface area contributed by atoms with Gasteiger partial charge in [-0.2, -0.15) is 0 Å². The molecule has 1 aromatic rings. The highest BCUT2D eigenvalue weighted by molar-refractivity contribution is 5.73. The number of hydrogen-bond acceptors (Lipinski definition) is 7. The van der Waals surface area contributed by atoms with E-state index < -0.39 is 0 Å². The van der Waals surface area contributed by atoms with Crippen LogP contribution in [0.5, 0.6) is 0 Å². The first-order valence-corrected chi connectivity index (χ1v) is 12.4. The summed E-state index contributed by atoms with van der Waals surface area (Å²) in [6, 6.07) is 2.13. The quantitative estimate of drug-likeness (QED) is 0.435. The number of carbonyl (C=O) groups excluding carboxylic acids is 2. The molecule has 2 aliphatic heterocycles. The Hall–Kier alpha value is -2.15. The number of nitrogens with zero attached hydrogens (tertiary/aromatic N) is 2. The molecule has 0 saturated carbocycles. The summed E-state index contributed by atoms with van der Waals surface area (Å²) in [4.78, 5) is 31.1. The summed E-state index contributed by atoms with van der Waals surface area (Å²) in [6.45, 7) is 8.48. The van der Waals surface area contributed by atoms with Gasteiger partial charge in [-0.25, -0.2) is 0 Å². The van der Waals surface area contributed by atoms with Crippen molar-refractivity contribution >= 4 is 17.6 Å². The van der Waals surface area contributed by atoms with Crippen molar-refractivity contribution < 1.29 is 19.1 Å². The fourth-order valence-electron chi connectivity index (χ4n) is 4.88. The van der Waals surface area contributed by atoms with Crippen LogP contribution in [0.25, 0.3) is 0 Å². The van der Waals surface area contributed by atoms with Crippen LogP contribution >= 0.6 is 0 Å². The first-order chi connectivity index (χ1) is 15.6. The van der Waals surface area contributed by atoms with Crippen molar-refractivity contribution in [2.45, 2.75) is 64.7 Å². The van der Waals surface area contributed by atoms with Crippen LogP contribution in [-0.4, -0.2) is 56.3 Å². The van der Waals surface area contributed by atoms with Gasteiger partial charge in [-0.1, -0.05) is 6.92 Å². The maximum absolute atomic E-state index is 12.3. The van der Waals surface area contributed by atoms with Crippen LogP contribution in [-0.2, 0) is 19.1 Å². The summed E-state index contributed by atoms with van der Waals surface area (Å²) in [7, 11) is 0. The first-order valence-electron chi connectivity index (χ1n) is 12.4. The van der Waals surface area contributed by atoms with Gasteiger partial charge in [-0.3, -0.25) is 14.6 Å². The summed E-state index contributed by atoms with van der Waals surface area (Å²) in [6.07, 6.45) is 10.1. The van der Waals surface area contributed by atoms with Gasteiger partial charge >= 0.3 is 11.9 Å². The van der Waals surface area contributed by atoms with E-state index in [1.807, 2.05) is 19.3 Å². The van der Waals surface area contributed by atoms with E-state index in [1.165, 1.54) is 11.3 Å². The molecule has 0 spiro atoms. The number of esters is 2. The van der Waals surface area contributed by atoms with Gasteiger partial charge in [0.1, 0.15) is 0 Å². The average molecular weight is 446 g/mol. The summed E-state index contributed by atoms with van der Waals surface area (Å²) in [5, 5.41) is 3.28. The van der Waals surface area contributed by atoms with Gasteiger partial charge in [0.15, 0.2) is 0 Å². The molecule has 0 radical (unpaired) electrons. The van der Waals surface area contributed by atoms with E-state index in [-0.39, 0.29) is 23.8 Å². The Morgan fingerprint density at radius 1 is 1.09 bits per heavy atom. The minimum absolute atomic E-state index is 0.00271. The number of piperidine rings is 2. The van der Waals surface area contributed by atoms with Crippen molar-refractivity contribution in [3.8, 4) is 0 Å². The van der Waals surface area contributed by atoms with E-state index in [0.29, 0.717) is 19.1 Å². The Morgan fingerprint density at radius 2 is 1.78 bits per heavy atom. The molecule has 3 rings (SSSR count). The molecule has 1 aromatic heterocycles. The molecule has 7 heteroatoms. The van der Waals surface area contributed by atoms with Crippen molar-refractivity contribution in [1.29, 1.82) is 0 Å². The van der Waals surface area contributed by atoms with E-state index in [9.17, 15) is 9.59 Å². The number of ether oxygens (including phenoxy) is 2. The Balaban J connectivity index is 1.51. The van der Waals surface area contributed by atoms with Crippen LogP contribution in [0.4, 0.5) is 5.69 Å². The number of anilines is 1. The summed E-state index contributed by atoms with van der Waals surface area (Å²) in [5.74, 6) is 0.358. The third kappa shape index (κ3) is 6.67. The van der Waals surface area contributed by atoms with E-state index >= 15 is 0 Å². The van der Waals surface area contributed by atoms with Gasteiger partial charge < -0.3 is 19.7 Å². The SMILES string of the molecule is CCOC(=O)C1CCN(c2cnccc2[C@H](CC)CCCOC(=O)C2CCNCC2)CC1. The zero-order chi connectivity index (χ0) is 22.8. The van der Waals surface area contributed by atoms with Gasteiger partial charge in [-0.15, -0.1) is 0 Å². The number of hydrogen-bond donors (Lipinski definition) is 1. The number of pyridine rings is 1. The Morgan fingerprint density at radius 3 is 2.47 bits per heavy atom. The molecule has 2 fully saturated rings. The summed E-state index contributed by atoms with van der Waals surface area (Å²) in [5.41, 5.74) is 2.48. The molecule has 2 saturated heterocycles. The second kappa shape index (κ2) is 12.8. The standard InChI is InChI=1S/C25H39N3O4/c1-3-19(6-5-17-32-25(30)20-7-12-26-13-8-20)22-9-14-27-18-23(22)28-15-10-21(11-16-28)24(29)31-4-2/h9,14,18-21,26H,3-8,10-13,15-17H2,1-2H3/t19-/m1/s1. The fraction of sp³-hybridized carbons (Fsp3) is 0.720.